The van der Waals surface area contributed by atoms with Gasteiger partial charge in [-0.2, -0.15) is 0 Å². The summed E-state index contributed by atoms with van der Waals surface area (Å²) in [6.07, 6.45) is 3.71. The zero-order chi connectivity index (χ0) is 21.7. The van der Waals surface area contributed by atoms with E-state index in [1.807, 2.05) is 20.8 Å². The number of nitrogens with zero attached hydrogens (tertiary/aromatic N) is 2. The highest BCUT2D eigenvalue weighted by Crippen LogP contribution is 2.21. The number of benzene rings is 1. The van der Waals surface area contributed by atoms with Crippen LogP contribution in [0.4, 0.5) is 4.79 Å². The van der Waals surface area contributed by atoms with Gasteiger partial charge in [-0.1, -0.05) is 31.2 Å². The average Bonchev–Trinajstić information content (AvgIpc) is 3.16. The Morgan fingerprint density at radius 1 is 1.07 bits per heavy atom. The molecule has 2 atom stereocenters. The quantitative estimate of drug-likeness (QED) is 0.791. The normalized spacial score (nSPS) is 22.7. The summed E-state index contributed by atoms with van der Waals surface area (Å²) >= 11 is 0. The molecular formula is C24H37N3O3. The van der Waals surface area contributed by atoms with Crippen LogP contribution in [0, 0.1) is 5.92 Å². The van der Waals surface area contributed by atoms with E-state index in [0.29, 0.717) is 19.5 Å². The fraction of sp³-hybridized carbons (Fsp3) is 0.667. The van der Waals surface area contributed by atoms with Crippen LogP contribution in [0.25, 0.3) is 0 Å². The van der Waals surface area contributed by atoms with Gasteiger partial charge in [-0.3, -0.25) is 14.6 Å². The van der Waals surface area contributed by atoms with Crippen molar-refractivity contribution in [3.05, 3.63) is 35.4 Å². The van der Waals surface area contributed by atoms with Crippen molar-refractivity contribution >= 4 is 12.0 Å². The molecule has 0 spiro atoms. The van der Waals surface area contributed by atoms with E-state index in [9.17, 15) is 9.59 Å². The molecule has 2 amide bonds. The fourth-order valence-corrected chi connectivity index (χ4v) is 4.34. The maximum atomic E-state index is 12.7. The van der Waals surface area contributed by atoms with Crippen molar-refractivity contribution in [1.82, 2.24) is 15.1 Å². The second kappa shape index (κ2) is 9.82. The standard InChI is InChI=1S/C24H37N3O3/c1-18-7-5-13-26(16-18)17-20-11-9-19(10-12-20)15-25-22(28)21-8-6-14-27(21)23(29)30-24(2,3)4/h9-12,18,21H,5-8,13-17H2,1-4H3,(H,25,28)/t18?,21-/m0/s1. The van der Waals surface area contributed by atoms with Gasteiger partial charge in [-0.25, -0.2) is 4.79 Å². The summed E-state index contributed by atoms with van der Waals surface area (Å²) in [5.74, 6) is 0.675. The Labute approximate surface area is 180 Å². The molecule has 1 N–H and O–H groups in total. The lowest BCUT2D eigenvalue weighted by Crippen LogP contribution is -2.47. The first-order chi connectivity index (χ1) is 14.2. The summed E-state index contributed by atoms with van der Waals surface area (Å²) in [5.41, 5.74) is 1.82. The van der Waals surface area contributed by atoms with Gasteiger partial charge in [0.15, 0.2) is 0 Å². The number of carbonyl (C=O) groups is 2. The Bertz CT molecular complexity index is 726. The van der Waals surface area contributed by atoms with Crippen LogP contribution >= 0.6 is 0 Å². The molecule has 1 aromatic carbocycles. The van der Waals surface area contributed by atoms with Crippen LogP contribution in [0.15, 0.2) is 24.3 Å². The zero-order valence-electron chi connectivity index (χ0n) is 18.9. The smallest absolute Gasteiger partial charge is 0.410 e. The summed E-state index contributed by atoms with van der Waals surface area (Å²) in [6.45, 7) is 12.2. The maximum Gasteiger partial charge on any atom is 0.410 e. The molecule has 0 aromatic heterocycles. The van der Waals surface area contributed by atoms with Gasteiger partial charge < -0.3 is 10.1 Å². The Kier molecular flexibility index (Phi) is 7.40. The predicted molar refractivity (Wildman–Crippen MR) is 118 cm³/mol. The van der Waals surface area contributed by atoms with Crippen molar-refractivity contribution in [2.75, 3.05) is 19.6 Å². The van der Waals surface area contributed by atoms with E-state index >= 15 is 0 Å². The van der Waals surface area contributed by atoms with Gasteiger partial charge in [0.1, 0.15) is 11.6 Å². The van der Waals surface area contributed by atoms with Crippen LogP contribution in [-0.2, 0) is 22.6 Å². The first-order valence-electron chi connectivity index (χ1n) is 11.3. The molecule has 3 rings (SSSR count). The van der Waals surface area contributed by atoms with E-state index in [1.165, 1.54) is 31.5 Å². The highest BCUT2D eigenvalue weighted by Gasteiger charge is 2.36. The van der Waals surface area contributed by atoms with Gasteiger partial charge in [-0.15, -0.1) is 0 Å². The zero-order valence-corrected chi connectivity index (χ0v) is 18.9. The summed E-state index contributed by atoms with van der Waals surface area (Å²) < 4.78 is 5.45. The minimum absolute atomic E-state index is 0.107. The number of hydrogen-bond acceptors (Lipinski definition) is 4. The molecule has 6 nitrogen and oxygen atoms in total. The molecule has 0 aliphatic carbocycles. The highest BCUT2D eigenvalue weighted by atomic mass is 16.6. The molecule has 1 unspecified atom stereocenters. The molecule has 0 saturated carbocycles. The number of nitrogens with one attached hydrogen (secondary N) is 1. The van der Waals surface area contributed by atoms with Crippen molar-refractivity contribution in [3.63, 3.8) is 0 Å². The predicted octanol–water partition coefficient (Wildman–Crippen LogP) is 3.93. The lowest BCUT2D eigenvalue weighted by Gasteiger charge is -2.30. The first-order valence-corrected chi connectivity index (χ1v) is 11.3. The number of ether oxygens (including phenoxy) is 1. The Morgan fingerprint density at radius 2 is 1.73 bits per heavy atom. The average molecular weight is 416 g/mol. The molecule has 0 bridgehead atoms. The van der Waals surface area contributed by atoms with Gasteiger partial charge in [0.05, 0.1) is 0 Å². The minimum Gasteiger partial charge on any atom is -0.444 e. The lowest BCUT2D eigenvalue weighted by molar-refractivity contribution is -0.125. The largest absolute Gasteiger partial charge is 0.444 e. The van der Waals surface area contributed by atoms with E-state index < -0.39 is 17.7 Å². The summed E-state index contributed by atoms with van der Waals surface area (Å²) in [7, 11) is 0. The molecule has 0 radical (unpaired) electrons. The second-order valence-electron chi connectivity index (χ2n) is 9.85. The minimum atomic E-state index is -0.561. The van der Waals surface area contributed by atoms with Crippen molar-refractivity contribution in [1.29, 1.82) is 0 Å². The number of carbonyl (C=O) groups excluding carboxylic acids is 2. The van der Waals surface area contributed by atoms with E-state index in [1.54, 1.807) is 4.90 Å². The Morgan fingerprint density at radius 3 is 2.40 bits per heavy atom. The van der Waals surface area contributed by atoms with Gasteiger partial charge in [0, 0.05) is 26.2 Å². The Hall–Kier alpha value is -2.08. The molecule has 30 heavy (non-hydrogen) atoms. The van der Waals surface area contributed by atoms with Crippen LogP contribution in [0.3, 0.4) is 0 Å². The summed E-state index contributed by atoms with van der Waals surface area (Å²) in [6, 6.07) is 8.04. The molecular weight excluding hydrogens is 378 g/mol. The molecule has 2 aliphatic rings. The monoisotopic (exact) mass is 415 g/mol. The number of amides is 2. The molecule has 1 aromatic rings. The molecule has 2 aliphatic heterocycles. The lowest BCUT2D eigenvalue weighted by atomic mass is 9.99. The highest BCUT2D eigenvalue weighted by molar-refractivity contribution is 5.86. The van der Waals surface area contributed by atoms with Crippen molar-refractivity contribution < 1.29 is 14.3 Å². The Balaban J connectivity index is 1.48. The molecule has 2 saturated heterocycles. The van der Waals surface area contributed by atoms with Gasteiger partial charge in [-0.05, 0) is 70.0 Å². The maximum absolute atomic E-state index is 12.7. The van der Waals surface area contributed by atoms with Crippen LogP contribution in [0.2, 0.25) is 0 Å². The van der Waals surface area contributed by atoms with Gasteiger partial charge in [0.25, 0.3) is 0 Å². The third-order valence-corrected chi connectivity index (χ3v) is 5.82. The molecule has 2 heterocycles. The van der Waals surface area contributed by atoms with Crippen molar-refractivity contribution in [3.8, 4) is 0 Å². The van der Waals surface area contributed by atoms with E-state index in [4.69, 9.17) is 4.74 Å². The fourth-order valence-electron chi connectivity index (χ4n) is 4.34. The van der Waals surface area contributed by atoms with E-state index in [0.717, 1.165) is 24.4 Å². The van der Waals surface area contributed by atoms with Crippen LogP contribution in [-0.4, -0.2) is 53.1 Å². The van der Waals surface area contributed by atoms with Crippen molar-refractivity contribution in [2.24, 2.45) is 5.92 Å². The third kappa shape index (κ3) is 6.46. The SMILES string of the molecule is CC1CCCN(Cc2ccc(CNC(=O)[C@@H]3CCCN3C(=O)OC(C)(C)C)cc2)C1. The van der Waals surface area contributed by atoms with Gasteiger partial charge >= 0.3 is 6.09 Å². The van der Waals surface area contributed by atoms with Crippen LogP contribution in [0.1, 0.15) is 64.5 Å². The number of rotatable bonds is 5. The number of hydrogen-bond donors (Lipinski definition) is 1. The number of likely N-dealkylation sites (tertiary alicyclic amines) is 2. The molecule has 6 heteroatoms. The second-order valence-corrected chi connectivity index (χ2v) is 9.85. The van der Waals surface area contributed by atoms with E-state index in [2.05, 4.69) is 41.4 Å². The molecule has 166 valence electrons. The van der Waals surface area contributed by atoms with Gasteiger partial charge in [0.2, 0.25) is 5.91 Å². The van der Waals surface area contributed by atoms with Crippen LogP contribution < -0.4 is 5.32 Å². The molecule has 2 fully saturated rings. The van der Waals surface area contributed by atoms with Crippen molar-refractivity contribution in [2.45, 2.75) is 78.1 Å². The van der Waals surface area contributed by atoms with Crippen LogP contribution in [0.5, 0.6) is 0 Å². The number of piperidine rings is 1. The third-order valence-electron chi connectivity index (χ3n) is 5.82. The first kappa shape index (κ1) is 22.6. The summed E-state index contributed by atoms with van der Waals surface area (Å²) in [5, 5.41) is 3.00. The van der Waals surface area contributed by atoms with E-state index in [-0.39, 0.29) is 5.91 Å². The topological polar surface area (TPSA) is 61.9 Å². The summed E-state index contributed by atoms with van der Waals surface area (Å²) in [4.78, 5) is 29.2.